The van der Waals surface area contributed by atoms with E-state index in [1.165, 1.54) is 4.31 Å². The molecule has 0 aromatic heterocycles. The monoisotopic (exact) mass is 361 g/mol. The maximum atomic E-state index is 12.2. The third kappa shape index (κ3) is 3.59. The number of benzene rings is 1. The minimum atomic E-state index is -3.39. The number of aryl methyl sites for hydroxylation is 1. The lowest BCUT2D eigenvalue weighted by Crippen LogP contribution is -2.32. The Balaban J connectivity index is 1.99. The lowest BCUT2D eigenvalue weighted by Gasteiger charge is -2.16. The molecule has 1 saturated heterocycles. The molecular formula is C13H16BrNO4S. The van der Waals surface area contributed by atoms with E-state index in [1.54, 1.807) is 0 Å². The Morgan fingerprint density at radius 3 is 2.70 bits per heavy atom. The highest BCUT2D eigenvalue weighted by Gasteiger charge is 2.34. The molecular weight excluding hydrogens is 346 g/mol. The van der Waals surface area contributed by atoms with Crippen LogP contribution in [0.15, 0.2) is 28.7 Å². The lowest BCUT2D eigenvalue weighted by atomic mass is 10.1. The number of sulfonamides is 1. The minimum Gasteiger partial charge on any atom is -0.481 e. The molecule has 1 aromatic carbocycles. The zero-order chi connectivity index (χ0) is 14.8. The van der Waals surface area contributed by atoms with Gasteiger partial charge in [0.05, 0.1) is 11.7 Å². The topological polar surface area (TPSA) is 74.7 Å². The molecule has 1 aromatic rings. The molecule has 7 heteroatoms. The van der Waals surface area contributed by atoms with Gasteiger partial charge in [-0.3, -0.25) is 4.79 Å². The van der Waals surface area contributed by atoms with Crippen LogP contribution in [0.4, 0.5) is 0 Å². The second-order valence-corrected chi connectivity index (χ2v) is 7.78. The average molecular weight is 362 g/mol. The molecule has 1 atom stereocenters. The molecule has 20 heavy (non-hydrogen) atoms. The van der Waals surface area contributed by atoms with Gasteiger partial charge in [0.1, 0.15) is 0 Å². The van der Waals surface area contributed by atoms with Crippen LogP contribution in [-0.2, 0) is 21.2 Å². The average Bonchev–Trinajstić information content (AvgIpc) is 2.88. The predicted molar refractivity (Wildman–Crippen MR) is 78.9 cm³/mol. The van der Waals surface area contributed by atoms with Crippen LogP contribution in [0.3, 0.4) is 0 Å². The van der Waals surface area contributed by atoms with Crippen molar-refractivity contribution in [1.82, 2.24) is 4.31 Å². The fraction of sp³-hybridized carbons (Fsp3) is 0.462. The second kappa shape index (κ2) is 6.24. The Hall–Kier alpha value is -0.920. The Labute approximate surface area is 126 Å². The summed E-state index contributed by atoms with van der Waals surface area (Å²) in [5.74, 6) is -1.50. The molecule has 1 aliphatic heterocycles. The van der Waals surface area contributed by atoms with Crippen LogP contribution < -0.4 is 0 Å². The molecule has 0 aliphatic carbocycles. The molecule has 1 fully saturated rings. The number of carbonyl (C=O) groups is 1. The normalized spacial score (nSPS) is 20.1. The van der Waals surface area contributed by atoms with E-state index in [-0.39, 0.29) is 12.3 Å². The van der Waals surface area contributed by atoms with Crippen LogP contribution in [-0.4, -0.2) is 42.6 Å². The molecule has 0 radical (unpaired) electrons. The number of carboxylic acid groups (broad SMARTS) is 1. The van der Waals surface area contributed by atoms with Gasteiger partial charge in [-0.05, 0) is 24.5 Å². The summed E-state index contributed by atoms with van der Waals surface area (Å²) in [6.45, 7) is 0.392. The van der Waals surface area contributed by atoms with E-state index < -0.39 is 21.9 Å². The maximum absolute atomic E-state index is 12.2. The summed E-state index contributed by atoms with van der Waals surface area (Å²) in [6, 6.07) is 7.49. The Bertz CT molecular complexity index is 602. The molecule has 0 bridgehead atoms. The van der Waals surface area contributed by atoms with Gasteiger partial charge in [0.15, 0.2) is 0 Å². The van der Waals surface area contributed by atoms with Crippen LogP contribution in [0.5, 0.6) is 0 Å². The van der Waals surface area contributed by atoms with Crippen LogP contribution in [0.1, 0.15) is 12.0 Å². The smallest absolute Gasteiger partial charge is 0.307 e. The Morgan fingerprint density at radius 2 is 2.10 bits per heavy atom. The highest BCUT2D eigenvalue weighted by molar-refractivity contribution is 9.10. The van der Waals surface area contributed by atoms with Crippen molar-refractivity contribution in [2.24, 2.45) is 5.92 Å². The molecule has 1 aliphatic rings. The first-order chi connectivity index (χ1) is 9.40. The fourth-order valence-corrected chi connectivity index (χ4v) is 4.26. The summed E-state index contributed by atoms with van der Waals surface area (Å²) >= 11 is 3.39. The van der Waals surface area contributed by atoms with E-state index in [4.69, 9.17) is 5.11 Å². The van der Waals surface area contributed by atoms with Crippen molar-refractivity contribution >= 4 is 31.9 Å². The van der Waals surface area contributed by atoms with Crippen molar-refractivity contribution in [3.05, 3.63) is 34.3 Å². The van der Waals surface area contributed by atoms with Gasteiger partial charge in [-0.25, -0.2) is 12.7 Å². The summed E-state index contributed by atoms with van der Waals surface area (Å²) < 4.78 is 26.6. The molecule has 1 N–H and O–H groups in total. The Morgan fingerprint density at radius 1 is 1.40 bits per heavy atom. The summed E-state index contributed by atoms with van der Waals surface area (Å²) in [5.41, 5.74) is 0.935. The zero-order valence-corrected chi connectivity index (χ0v) is 13.2. The first kappa shape index (κ1) is 15.5. The van der Waals surface area contributed by atoms with Crippen molar-refractivity contribution in [2.45, 2.75) is 12.8 Å². The zero-order valence-electron chi connectivity index (χ0n) is 10.8. The molecule has 0 saturated carbocycles. The van der Waals surface area contributed by atoms with Gasteiger partial charge in [0, 0.05) is 17.6 Å². The van der Waals surface area contributed by atoms with Crippen LogP contribution >= 0.6 is 15.9 Å². The molecule has 1 heterocycles. The van der Waals surface area contributed by atoms with Gasteiger partial charge >= 0.3 is 5.97 Å². The largest absolute Gasteiger partial charge is 0.481 e. The van der Waals surface area contributed by atoms with Crippen LogP contribution in [0, 0.1) is 5.92 Å². The van der Waals surface area contributed by atoms with Gasteiger partial charge in [-0.2, -0.15) is 0 Å². The van der Waals surface area contributed by atoms with Gasteiger partial charge in [-0.15, -0.1) is 0 Å². The highest BCUT2D eigenvalue weighted by atomic mass is 79.9. The van der Waals surface area contributed by atoms with E-state index >= 15 is 0 Å². The quantitative estimate of drug-likeness (QED) is 0.866. The molecule has 1 unspecified atom stereocenters. The van der Waals surface area contributed by atoms with Gasteiger partial charge in [-0.1, -0.05) is 34.1 Å². The van der Waals surface area contributed by atoms with Gasteiger partial charge in [0.2, 0.25) is 10.0 Å². The number of hydrogen-bond acceptors (Lipinski definition) is 3. The molecule has 0 spiro atoms. The first-order valence-electron chi connectivity index (χ1n) is 6.34. The molecule has 5 nitrogen and oxygen atoms in total. The SMILES string of the molecule is O=C(O)C1CCN(S(=O)(=O)CCc2ccccc2Br)C1. The standard InChI is InChI=1S/C13H16BrNO4S/c14-12-4-2-1-3-10(12)6-8-20(18,19)15-7-5-11(9-15)13(16)17/h1-4,11H,5-9H2,(H,16,17). The predicted octanol–water partition coefficient (Wildman–Crippen LogP) is 1.73. The van der Waals surface area contributed by atoms with E-state index in [2.05, 4.69) is 15.9 Å². The minimum absolute atomic E-state index is 0.00194. The van der Waals surface area contributed by atoms with Crippen LogP contribution in [0.25, 0.3) is 0 Å². The van der Waals surface area contributed by atoms with Crippen molar-refractivity contribution in [1.29, 1.82) is 0 Å². The van der Waals surface area contributed by atoms with Gasteiger partial charge in [0.25, 0.3) is 0 Å². The number of aliphatic carboxylic acids is 1. The summed E-state index contributed by atoms with van der Waals surface area (Å²) in [4.78, 5) is 10.9. The number of hydrogen-bond donors (Lipinski definition) is 1. The lowest BCUT2D eigenvalue weighted by molar-refractivity contribution is -0.141. The van der Waals surface area contributed by atoms with E-state index in [0.29, 0.717) is 19.4 Å². The fourth-order valence-electron chi connectivity index (χ4n) is 2.25. The van der Waals surface area contributed by atoms with Gasteiger partial charge < -0.3 is 5.11 Å². The second-order valence-electron chi connectivity index (χ2n) is 4.84. The summed E-state index contributed by atoms with van der Waals surface area (Å²) in [6.07, 6.45) is 0.807. The summed E-state index contributed by atoms with van der Waals surface area (Å²) in [7, 11) is -3.39. The Kier molecular flexibility index (Phi) is 4.82. The van der Waals surface area contributed by atoms with E-state index in [9.17, 15) is 13.2 Å². The summed E-state index contributed by atoms with van der Waals surface area (Å²) in [5, 5.41) is 8.91. The third-order valence-electron chi connectivity index (χ3n) is 3.48. The molecule has 2 rings (SSSR count). The van der Waals surface area contributed by atoms with Crippen molar-refractivity contribution in [2.75, 3.05) is 18.8 Å². The van der Waals surface area contributed by atoms with Crippen molar-refractivity contribution in [3.63, 3.8) is 0 Å². The molecule has 0 amide bonds. The number of rotatable bonds is 5. The third-order valence-corrected chi connectivity index (χ3v) is 6.09. The van der Waals surface area contributed by atoms with E-state index in [1.807, 2.05) is 24.3 Å². The number of nitrogens with zero attached hydrogens (tertiary/aromatic N) is 1. The van der Waals surface area contributed by atoms with Crippen molar-refractivity contribution in [3.8, 4) is 0 Å². The highest BCUT2D eigenvalue weighted by Crippen LogP contribution is 2.22. The maximum Gasteiger partial charge on any atom is 0.307 e. The first-order valence-corrected chi connectivity index (χ1v) is 8.74. The van der Waals surface area contributed by atoms with E-state index in [0.717, 1.165) is 10.0 Å². The number of halogens is 1. The number of carboxylic acids is 1. The van der Waals surface area contributed by atoms with Crippen LogP contribution in [0.2, 0.25) is 0 Å². The van der Waals surface area contributed by atoms with Crippen molar-refractivity contribution < 1.29 is 18.3 Å². The molecule has 110 valence electrons.